The molecule has 1 fully saturated rings. The lowest BCUT2D eigenvalue weighted by Crippen LogP contribution is -2.25. The van der Waals surface area contributed by atoms with E-state index >= 15 is 0 Å². The number of halogens is 1. The van der Waals surface area contributed by atoms with E-state index in [2.05, 4.69) is 28.3 Å². The van der Waals surface area contributed by atoms with Gasteiger partial charge in [0.25, 0.3) is 5.91 Å². The molecule has 0 radical (unpaired) electrons. The lowest BCUT2D eigenvalue weighted by atomic mass is 9.97. The Balaban J connectivity index is 1.70. The molecule has 196 valence electrons. The number of aryl methyl sites for hydroxylation is 1. The number of alkyl halides is 1. The number of fused-ring (bicyclic) bond motifs is 1. The van der Waals surface area contributed by atoms with Crippen LogP contribution >= 0.6 is 0 Å². The fourth-order valence-corrected chi connectivity index (χ4v) is 4.64. The van der Waals surface area contributed by atoms with E-state index in [-0.39, 0.29) is 24.6 Å². The predicted octanol–water partition coefficient (Wildman–Crippen LogP) is 4.93. The summed E-state index contributed by atoms with van der Waals surface area (Å²) in [6.07, 6.45) is 3.01. The van der Waals surface area contributed by atoms with Crippen LogP contribution in [-0.4, -0.2) is 34.1 Å². The number of nitrogen functional groups attached to an aromatic ring is 1. The molecule has 0 bridgehead atoms. The van der Waals surface area contributed by atoms with Crippen LogP contribution in [0.4, 0.5) is 21.6 Å². The molecule has 1 aliphatic rings. The van der Waals surface area contributed by atoms with E-state index in [1.165, 1.54) is 19.4 Å². The van der Waals surface area contributed by atoms with Gasteiger partial charge in [-0.2, -0.15) is 5.26 Å². The first-order valence-corrected chi connectivity index (χ1v) is 12.1. The highest BCUT2D eigenvalue weighted by Crippen LogP contribution is 2.46. The molecule has 1 saturated carbocycles. The Hall–Kier alpha value is -5.17. The van der Waals surface area contributed by atoms with Gasteiger partial charge in [0.15, 0.2) is 5.67 Å². The number of amides is 2. The largest absolute Gasteiger partial charge is 0.495 e. The maximum Gasteiger partial charge on any atom is 0.262 e. The number of anilines is 3. The number of hydrogen-bond acceptors (Lipinski definition) is 6. The van der Waals surface area contributed by atoms with Crippen molar-refractivity contribution in [2.24, 2.45) is 7.05 Å². The molecule has 4 N–H and O–H groups in total. The van der Waals surface area contributed by atoms with Crippen LogP contribution < -0.4 is 21.1 Å². The topological polar surface area (TPSA) is 135 Å². The number of pyridine rings is 1. The molecule has 2 amide bonds. The first-order valence-electron chi connectivity index (χ1n) is 12.1. The normalized spacial score (nSPS) is 13.4. The zero-order valence-corrected chi connectivity index (χ0v) is 21.3. The van der Waals surface area contributed by atoms with Crippen molar-refractivity contribution in [1.82, 2.24) is 9.55 Å². The van der Waals surface area contributed by atoms with Gasteiger partial charge in [0.05, 0.1) is 35.0 Å². The molecule has 2 aromatic carbocycles. The van der Waals surface area contributed by atoms with Crippen molar-refractivity contribution in [2.45, 2.75) is 18.5 Å². The lowest BCUT2D eigenvalue weighted by Gasteiger charge is -2.15. The van der Waals surface area contributed by atoms with Gasteiger partial charge in [-0.25, -0.2) is 9.37 Å². The number of nitrogens with two attached hydrogens (primary N) is 1. The number of benzene rings is 2. The number of nitrogens with one attached hydrogen (secondary N) is 2. The van der Waals surface area contributed by atoms with Crippen molar-refractivity contribution in [3.63, 3.8) is 0 Å². The smallest absolute Gasteiger partial charge is 0.262 e. The molecule has 1 aliphatic carbocycles. The van der Waals surface area contributed by atoms with Crippen LogP contribution in [0.5, 0.6) is 5.75 Å². The van der Waals surface area contributed by atoms with Gasteiger partial charge < -0.3 is 25.7 Å². The molecule has 0 aliphatic heterocycles. The molecule has 39 heavy (non-hydrogen) atoms. The first kappa shape index (κ1) is 25.5. The Kier molecular flexibility index (Phi) is 6.28. The average molecular weight is 525 g/mol. The minimum atomic E-state index is -1.84. The van der Waals surface area contributed by atoms with Gasteiger partial charge in [-0.05, 0) is 54.3 Å². The molecule has 2 aromatic heterocycles. The van der Waals surface area contributed by atoms with Gasteiger partial charge in [0, 0.05) is 24.5 Å². The summed E-state index contributed by atoms with van der Waals surface area (Å²) in [5, 5.41) is 15.7. The van der Waals surface area contributed by atoms with E-state index in [9.17, 15) is 19.2 Å². The van der Waals surface area contributed by atoms with Crippen LogP contribution in [0.25, 0.3) is 33.3 Å². The van der Waals surface area contributed by atoms with Gasteiger partial charge in [-0.3, -0.25) is 9.59 Å². The fraction of sp³-hybridized carbons (Fsp3) is 0.172. The Morgan fingerprint density at radius 2 is 1.90 bits per heavy atom. The van der Waals surface area contributed by atoms with E-state index in [4.69, 9.17) is 10.5 Å². The molecular formula is C29H25FN6O3. The lowest BCUT2D eigenvalue weighted by molar-refractivity contribution is -0.122. The summed E-state index contributed by atoms with van der Waals surface area (Å²) >= 11 is 0. The molecule has 0 unspecified atom stereocenters. The highest BCUT2D eigenvalue weighted by atomic mass is 19.1. The van der Waals surface area contributed by atoms with Crippen molar-refractivity contribution >= 4 is 39.9 Å². The number of nitriles is 1. The first-order chi connectivity index (χ1) is 18.7. The second-order valence-corrected chi connectivity index (χ2v) is 9.28. The predicted molar refractivity (Wildman–Crippen MR) is 148 cm³/mol. The number of methoxy groups -OCH3 is 1. The van der Waals surface area contributed by atoms with Crippen molar-refractivity contribution in [2.75, 3.05) is 23.5 Å². The number of rotatable bonds is 7. The molecule has 5 rings (SSSR count). The molecular weight excluding hydrogens is 499 g/mol. The zero-order chi connectivity index (χ0) is 27.9. The number of hydrogen-bond donors (Lipinski definition) is 3. The third-order valence-electron chi connectivity index (χ3n) is 6.80. The van der Waals surface area contributed by atoms with Crippen molar-refractivity contribution in [3.05, 3.63) is 66.9 Å². The summed E-state index contributed by atoms with van der Waals surface area (Å²) in [6, 6.07) is 14.5. The standard InChI is InChI=1S/C29H25FN6O3/c1-4-22(37)34-19-8-5-16(6-9-19)25-23(24-26(36(25)2)18(14-31)15-33-27(24)32)17-7-10-20(21(13-17)39-3)35-28(38)29(30)11-12-29/h4-10,13,15H,1,11-12H2,2-3H3,(H2,32,33)(H,34,37)(H,35,38). The van der Waals surface area contributed by atoms with Crippen LogP contribution in [0.2, 0.25) is 0 Å². The molecule has 0 spiro atoms. The van der Waals surface area contributed by atoms with Crippen LogP contribution in [0.1, 0.15) is 18.4 Å². The minimum Gasteiger partial charge on any atom is -0.495 e. The second kappa shape index (κ2) is 9.61. The number of carbonyl (C=O) groups excluding carboxylic acids is 2. The van der Waals surface area contributed by atoms with Crippen LogP contribution in [0.3, 0.4) is 0 Å². The van der Waals surface area contributed by atoms with Crippen molar-refractivity contribution in [3.8, 4) is 34.2 Å². The summed E-state index contributed by atoms with van der Waals surface area (Å²) in [5.74, 6) is -0.459. The fourth-order valence-electron chi connectivity index (χ4n) is 4.64. The highest BCUT2D eigenvalue weighted by Gasteiger charge is 2.51. The maximum atomic E-state index is 14.3. The van der Waals surface area contributed by atoms with Gasteiger partial charge in [-0.1, -0.05) is 24.8 Å². The number of ether oxygens (including phenoxy) is 1. The summed E-state index contributed by atoms with van der Waals surface area (Å²) < 4.78 is 21.7. The highest BCUT2D eigenvalue weighted by molar-refractivity contribution is 6.11. The van der Waals surface area contributed by atoms with Gasteiger partial charge >= 0.3 is 0 Å². The van der Waals surface area contributed by atoms with Crippen LogP contribution in [-0.2, 0) is 16.6 Å². The van der Waals surface area contributed by atoms with Crippen LogP contribution in [0.15, 0.2) is 61.3 Å². The molecule has 4 aromatic rings. The number of carbonyl (C=O) groups is 2. The summed E-state index contributed by atoms with van der Waals surface area (Å²) in [6.45, 7) is 3.47. The monoisotopic (exact) mass is 524 g/mol. The SMILES string of the molecule is C=CC(=O)Nc1ccc(-c2c(-c3ccc(NC(=O)C4(F)CC4)c(OC)c3)c3c(N)ncc(C#N)c3n2C)cc1. The van der Waals surface area contributed by atoms with E-state index < -0.39 is 11.6 Å². The van der Waals surface area contributed by atoms with E-state index in [0.29, 0.717) is 44.7 Å². The van der Waals surface area contributed by atoms with Gasteiger partial charge in [-0.15, -0.1) is 0 Å². The van der Waals surface area contributed by atoms with Crippen molar-refractivity contribution in [1.29, 1.82) is 5.26 Å². The molecule has 10 heteroatoms. The Morgan fingerprint density at radius 3 is 2.51 bits per heavy atom. The Morgan fingerprint density at radius 1 is 1.21 bits per heavy atom. The van der Waals surface area contributed by atoms with Gasteiger partial charge in [0.1, 0.15) is 17.6 Å². The zero-order valence-electron chi connectivity index (χ0n) is 21.3. The second-order valence-electron chi connectivity index (χ2n) is 9.28. The summed E-state index contributed by atoms with van der Waals surface area (Å²) in [5.41, 5.74) is 9.30. The van der Waals surface area contributed by atoms with E-state index in [0.717, 1.165) is 11.3 Å². The summed E-state index contributed by atoms with van der Waals surface area (Å²) in [4.78, 5) is 28.3. The van der Waals surface area contributed by atoms with E-state index in [1.807, 2.05) is 23.7 Å². The molecule has 2 heterocycles. The number of nitrogens with zero attached hydrogens (tertiary/aromatic N) is 3. The quantitative estimate of drug-likeness (QED) is 0.293. The maximum absolute atomic E-state index is 14.3. The third kappa shape index (κ3) is 4.44. The molecule has 0 atom stereocenters. The Bertz CT molecular complexity index is 1700. The minimum absolute atomic E-state index is 0.197. The van der Waals surface area contributed by atoms with E-state index in [1.54, 1.807) is 30.3 Å². The van der Waals surface area contributed by atoms with Gasteiger partial charge in [0.2, 0.25) is 5.91 Å². The average Bonchev–Trinajstić information content (AvgIpc) is 3.63. The summed E-state index contributed by atoms with van der Waals surface area (Å²) in [7, 11) is 3.29. The third-order valence-corrected chi connectivity index (χ3v) is 6.80. The Labute approximate surface area is 223 Å². The van der Waals surface area contributed by atoms with Crippen molar-refractivity contribution < 1.29 is 18.7 Å². The molecule has 0 saturated heterocycles. The number of aromatic nitrogens is 2. The molecule has 9 nitrogen and oxygen atoms in total. The van der Waals surface area contributed by atoms with Crippen LogP contribution in [0, 0.1) is 11.3 Å².